The number of aryl methyl sites for hydroxylation is 1. The molecule has 2 aromatic rings. The number of fused-ring (bicyclic) bond motifs is 1. The van der Waals surface area contributed by atoms with Crippen molar-refractivity contribution in [2.45, 2.75) is 31.8 Å². The van der Waals surface area contributed by atoms with Crippen molar-refractivity contribution in [2.24, 2.45) is 18.9 Å². The first-order valence-electron chi connectivity index (χ1n) is 10.8. The fraction of sp³-hybridized carbons (Fsp3) is 0.565. The predicted octanol–water partition coefficient (Wildman–Crippen LogP) is 3.37. The zero-order valence-corrected chi connectivity index (χ0v) is 18.1. The van der Waals surface area contributed by atoms with Gasteiger partial charge in [-0.15, -0.1) is 0 Å². The fourth-order valence-corrected chi connectivity index (χ4v) is 6.66. The van der Waals surface area contributed by atoms with Gasteiger partial charge in [0.05, 0.1) is 17.8 Å². The Kier molecular flexibility index (Phi) is 5.16. The van der Waals surface area contributed by atoms with Crippen molar-refractivity contribution in [3.8, 4) is 0 Å². The van der Waals surface area contributed by atoms with Crippen molar-refractivity contribution in [3.63, 3.8) is 0 Å². The van der Waals surface area contributed by atoms with Gasteiger partial charge in [0.15, 0.2) is 0 Å². The lowest BCUT2D eigenvalue weighted by Crippen LogP contribution is -2.40. The first-order valence-corrected chi connectivity index (χ1v) is 11.9. The number of thioether (sulfide) groups is 1. The molecule has 0 saturated carbocycles. The molecular weight excluding hydrogens is 380 g/mol. The maximum absolute atomic E-state index is 13.5. The van der Waals surface area contributed by atoms with E-state index < -0.39 is 0 Å². The minimum atomic E-state index is 0.138. The molecule has 5 rings (SSSR count). The van der Waals surface area contributed by atoms with Gasteiger partial charge in [0.25, 0.3) is 5.91 Å². The van der Waals surface area contributed by atoms with E-state index in [1.54, 1.807) is 10.9 Å². The molecule has 1 aromatic carbocycles. The summed E-state index contributed by atoms with van der Waals surface area (Å²) < 4.78 is 1.80. The lowest BCUT2D eigenvalue weighted by Gasteiger charge is -2.34. The monoisotopic (exact) mass is 410 g/mol. The van der Waals surface area contributed by atoms with Crippen molar-refractivity contribution in [1.82, 2.24) is 19.6 Å². The summed E-state index contributed by atoms with van der Waals surface area (Å²) in [7, 11) is 1.90. The van der Waals surface area contributed by atoms with Crippen LogP contribution in [0.15, 0.2) is 36.5 Å². The maximum atomic E-state index is 13.5. The van der Waals surface area contributed by atoms with E-state index in [9.17, 15) is 4.79 Å². The standard InChI is InChI=1S/C23H30N4OS/c1-16-20(12-24-25(16)2)23(28)27-14-18-13-26(19-8-10-29-11-9-19)15-21(18)22(27)17-6-4-3-5-7-17/h3-7,12,18-19,21-22H,8-11,13-15H2,1-2H3/t18-,21-,22-/m0/s1. The van der Waals surface area contributed by atoms with E-state index in [-0.39, 0.29) is 11.9 Å². The zero-order chi connectivity index (χ0) is 20.0. The van der Waals surface area contributed by atoms with Crippen LogP contribution in [0.3, 0.4) is 0 Å². The summed E-state index contributed by atoms with van der Waals surface area (Å²) in [5, 5.41) is 4.31. The molecular formula is C23H30N4OS. The molecule has 0 unspecified atom stereocenters. The van der Waals surface area contributed by atoms with Gasteiger partial charge in [-0.25, -0.2) is 0 Å². The van der Waals surface area contributed by atoms with Crippen LogP contribution in [0.25, 0.3) is 0 Å². The van der Waals surface area contributed by atoms with Crippen LogP contribution in [0.5, 0.6) is 0 Å². The van der Waals surface area contributed by atoms with Gasteiger partial charge in [-0.05, 0) is 42.8 Å². The smallest absolute Gasteiger partial charge is 0.257 e. The minimum Gasteiger partial charge on any atom is -0.331 e. The number of hydrogen-bond acceptors (Lipinski definition) is 4. The van der Waals surface area contributed by atoms with Gasteiger partial charge in [-0.1, -0.05) is 30.3 Å². The van der Waals surface area contributed by atoms with E-state index >= 15 is 0 Å². The normalized spacial score (nSPS) is 28.1. The number of hydrogen-bond donors (Lipinski definition) is 0. The van der Waals surface area contributed by atoms with Crippen LogP contribution < -0.4 is 0 Å². The highest BCUT2D eigenvalue weighted by Gasteiger charge is 2.50. The molecule has 3 saturated heterocycles. The van der Waals surface area contributed by atoms with Gasteiger partial charge in [0.1, 0.15) is 0 Å². The number of amides is 1. The number of nitrogens with zero attached hydrogens (tertiary/aromatic N) is 4. The van der Waals surface area contributed by atoms with E-state index in [1.165, 1.54) is 29.9 Å². The van der Waals surface area contributed by atoms with Gasteiger partial charge in [-0.3, -0.25) is 14.4 Å². The Hall–Kier alpha value is -1.79. The topological polar surface area (TPSA) is 41.4 Å². The molecule has 6 heteroatoms. The summed E-state index contributed by atoms with van der Waals surface area (Å²) in [6.07, 6.45) is 4.37. The number of rotatable bonds is 3. The van der Waals surface area contributed by atoms with E-state index in [0.29, 0.717) is 11.8 Å². The Morgan fingerprint density at radius 2 is 1.86 bits per heavy atom. The third kappa shape index (κ3) is 3.40. The summed E-state index contributed by atoms with van der Waals surface area (Å²) in [4.78, 5) is 18.4. The fourth-order valence-electron chi connectivity index (χ4n) is 5.58. The van der Waals surface area contributed by atoms with E-state index in [1.807, 2.05) is 14.0 Å². The van der Waals surface area contributed by atoms with Crippen LogP contribution in [0.1, 0.15) is 40.5 Å². The molecule has 0 spiro atoms. The Balaban J connectivity index is 1.43. The second-order valence-electron chi connectivity index (χ2n) is 8.80. The SMILES string of the molecule is Cc1c(C(=O)N2C[C@@H]3CN(C4CCSCC4)C[C@@H]3[C@@H]2c2ccccc2)cnn1C. The highest BCUT2D eigenvalue weighted by molar-refractivity contribution is 7.99. The molecule has 0 N–H and O–H groups in total. The van der Waals surface area contributed by atoms with Crippen LogP contribution in [-0.4, -0.2) is 62.7 Å². The third-order valence-electron chi connectivity index (χ3n) is 7.27. The summed E-state index contributed by atoms with van der Waals surface area (Å²) in [6.45, 7) is 5.10. The Morgan fingerprint density at radius 3 is 2.55 bits per heavy atom. The Labute approximate surface area is 177 Å². The Bertz CT molecular complexity index is 876. The molecule has 0 bridgehead atoms. The molecule has 4 heterocycles. The molecule has 3 atom stereocenters. The molecule has 3 aliphatic rings. The highest BCUT2D eigenvalue weighted by Crippen LogP contribution is 2.46. The molecule has 5 nitrogen and oxygen atoms in total. The summed E-state index contributed by atoms with van der Waals surface area (Å²) >= 11 is 2.09. The van der Waals surface area contributed by atoms with Gasteiger partial charge in [0.2, 0.25) is 0 Å². The Morgan fingerprint density at radius 1 is 1.10 bits per heavy atom. The van der Waals surface area contributed by atoms with Crippen molar-refractivity contribution >= 4 is 17.7 Å². The molecule has 29 heavy (non-hydrogen) atoms. The molecule has 0 radical (unpaired) electrons. The first-order chi connectivity index (χ1) is 14.1. The van der Waals surface area contributed by atoms with Crippen LogP contribution in [0.4, 0.5) is 0 Å². The van der Waals surface area contributed by atoms with Crippen molar-refractivity contribution < 1.29 is 4.79 Å². The van der Waals surface area contributed by atoms with Crippen LogP contribution in [0, 0.1) is 18.8 Å². The average molecular weight is 411 g/mol. The quantitative estimate of drug-likeness (QED) is 0.778. The second kappa shape index (κ2) is 7.80. The lowest BCUT2D eigenvalue weighted by atomic mass is 9.89. The molecule has 1 amide bonds. The minimum absolute atomic E-state index is 0.138. The molecule has 3 aliphatic heterocycles. The van der Waals surface area contributed by atoms with E-state index in [4.69, 9.17) is 0 Å². The molecule has 0 aliphatic carbocycles. The molecule has 3 fully saturated rings. The number of carbonyl (C=O) groups is 1. The second-order valence-corrected chi connectivity index (χ2v) is 10.0. The van der Waals surface area contributed by atoms with Gasteiger partial charge in [-0.2, -0.15) is 16.9 Å². The van der Waals surface area contributed by atoms with Crippen molar-refractivity contribution in [3.05, 3.63) is 53.3 Å². The van der Waals surface area contributed by atoms with Crippen molar-refractivity contribution in [1.29, 1.82) is 0 Å². The van der Waals surface area contributed by atoms with E-state index in [2.05, 4.69) is 57.0 Å². The van der Waals surface area contributed by atoms with Gasteiger partial charge < -0.3 is 4.90 Å². The molecule has 1 aromatic heterocycles. The largest absolute Gasteiger partial charge is 0.331 e. The lowest BCUT2D eigenvalue weighted by molar-refractivity contribution is 0.0691. The van der Waals surface area contributed by atoms with Crippen LogP contribution >= 0.6 is 11.8 Å². The number of benzene rings is 1. The average Bonchev–Trinajstić information content (AvgIpc) is 3.42. The van der Waals surface area contributed by atoms with Gasteiger partial charge in [0, 0.05) is 44.3 Å². The zero-order valence-electron chi connectivity index (χ0n) is 17.3. The summed E-state index contributed by atoms with van der Waals surface area (Å²) in [6, 6.07) is 11.6. The van der Waals surface area contributed by atoms with Crippen LogP contribution in [0.2, 0.25) is 0 Å². The predicted molar refractivity (Wildman–Crippen MR) is 117 cm³/mol. The molecule has 154 valence electrons. The van der Waals surface area contributed by atoms with Crippen molar-refractivity contribution in [2.75, 3.05) is 31.1 Å². The van der Waals surface area contributed by atoms with Gasteiger partial charge >= 0.3 is 0 Å². The summed E-state index contributed by atoms with van der Waals surface area (Å²) in [5.74, 6) is 3.82. The number of likely N-dealkylation sites (tertiary alicyclic amines) is 2. The highest BCUT2D eigenvalue weighted by atomic mass is 32.2. The number of aromatic nitrogens is 2. The van der Waals surface area contributed by atoms with Crippen LogP contribution in [-0.2, 0) is 7.05 Å². The number of carbonyl (C=O) groups excluding carboxylic acids is 1. The summed E-state index contributed by atoms with van der Waals surface area (Å²) in [5.41, 5.74) is 2.96. The third-order valence-corrected chi connectivity index (χ3v) is 8.32. The first kappa shape index (κ1) is 19.2. The maximum Gasteiger partial charge on any atom is 0.257 e. The van der Waals surface area contributed by atoms with E-state index in [0.717, 1.165) is 36.9 Å².